The smallest absolute Gasteiger partial charge is 0.161 e. The average molecular weight is 339 g/mol. The van der Waals surface area contributed by atoms with E-state index in [0.29, 0.717) is 19.3 Å². The van der Waals surface area contributed by atoms with Crippen LogP contribution in [0.5, 0.6) is 11.5 Å². The minimum absolute atomic E-state index is 0.556. The lowest BCUT2D eigenvalue weighted by Crippen LogP contribution is -2.25. The Kier molecular flexibility index (Phi) is 6.35. The van der Waals surface area contributed by atoms with Crippen LogP contribution in [0.3, 0.4) is 0 Å². The third-order valence-electron chi connectivity index (χ3n) is 4.77. The lowest BCUT2D eigenvalue weighted by Gasteiger charge is -2.15. The third-order valence-corrected chi connectivity index (χ3v) is 4.77. The number of hydrogen-bond donors (Lipinski definition) is 1. The lowest BCUT2D eigenvalue weighted by molar-refractivity contribution is 0.269. The molecular weight excluding hydrogens is 310 g/mol. The Morgan fingerprint density at radius 3 is 2.36 bits per heavy atom. The molecule has 134 valence electrons. The van der Waals surface area contributed by atoms with Gasteiger partial charge in [0.1, 0.15) is 6.61 Å². The van der Waals surface area contributed by atoms with Crippen LogP contribution in [0, 0.1) is 6.92 Å². The molecule has 1 fully saturated rings. The maximum Gasteiger partial charge on any atom is 0.161 e. The van der Waals surface area contributed by atoms with E-state index in [1.54, 1.807) is 0 Å². The van der Waals surface area contributed by atoms with E-state index in [9.17, 15) is 0 Å². The predicted octanol–water partition coefficient (Wildman–Crippen LogP) is 5.00. The zero-order valence-electron chi connectivity index (χ0n) is 15.4. The lowest BCUT2D eigenvalue weighted by atomic mass is 10.1. The minimum atomic E-state index is 0.556. The van der Waals surface area contributed by atoms with Crippen LogP contribution in [0.1, 0.15) is 49.3 Å². The number of benzene rings is 2. The number of nitrogens with one attached hydrogen (secondary N) is 1. The highest BCUT2D eigenvalue weighted by molar-refractivity contribution is 5.43. The Morgan fingerprint density at radius 1 is 0.920 bits per heavy atom. The van der Waals surface area contributed by atoms with Crippen molar-refractivity contribution in [3.63, 3.8) is 0 Å². The van der Waals surface area contributed by atoms with Gasteiger partial charge in [0.15, 0.2) is 11.5 Å². The van der Waals surface area contributed by atoms with E-state index < -0.39 is 0 Å². The standard InChI is InChI=1S/C22H29NO2/c1-3-24-22-14-19(15-23-20-6-4-5-7-20)12-13-21(22)25-16-18-10-8-17(2)9-11-18/h8-14,20,23H,3-7,15-16H2,1-2H3. The van der Waals surface area contributed by atoms with Gasteiger partial charge in [0.2, 0.25) is 0 Å². The summed E-state index contributed by atoms with van der Waals surface area (Å²) in [5, 5.41) is 3.65. The van der Waals surface area contributed by atoms with E-state index in [2.05, 4.69) is 48.6 Å². The zero-order valence-corrected chi connectivity index (χ0v) is 15.4. The molecule has 0 radical (unpaired) electrons. The fourth-order valence-electron chi connectivity index (χ4n) is 3.29. The SMILES string of the molecule is CCOc1cc(CNC2CCCC2)ccc1OCc1ccc(C)cc1. The molecule has 0 aromatic heterocycles. The first kappa shape index (κ1) is 17.8. The Hall–Kier alpha value is -2.00. The molecule has 0 bridgehead atoms. The van der Waals surface area contributed by atoms with Gasteiger partial charge in [-0.05, 0) is 49.9 Å². The Bertz CT molecular complexity index is 660. The second-order valence-corrected chi connectivity index (χ2v) is 6.85. The summed E-state index contributed by atoms with van der Waals surface area (Å²) in [4.78, 5) is 0. The van der Waals surface area contributed by atoms with E-state index >= 15 is 0 Å². The summed E-state index contributed by atoms with van der Waals surface area (Å²) in [7, 11) is 0. The van der Waals surface area contributed by atoms with Gasteiger partial charge in [-0.1, -0.05) is 48.7 Å². The number of ether oxygens (including phenoxy) is 2. The topological polar surface area (TPSA) is 30.5 Å². The first-order valence-corrected chi connectivity index (χ1v) is 9.42. The van der Waals surface area contributed by atoms with Gasteiger partial charge in [0.25, 0.3) is 0 Å². The van der Waals surface area contributed by atoms with Crippen molar-refractivity contribution in [3.8, 4) is 11.5 Å². The van der Waals surface area contributed by atoms with E-state index in [4.69, 9.17) is 9.47 Å². The third kappa shape index (κ3) is 5.23. The largest absolute Gasteiger partial charge is 0.490 e. The molecule has 3 rings (SSSR count). The van der Waals surface area contributed by atoms with Crippen molar-refractivity contribution in [2.75, 3.05) is 6.61 Å². The van der Waals surface area contributed by atoms with Crippen LogP contribution in [-0.2, 0) is 13.2 Å². The molecule has 0 saturated heterocycles. The van der Waals surface area contributed by atoms with Gasteiger partial charge in [-0.2, -0.15) is 0 Å². The molecule has 2 aromatic carbocycles. The first-order chi connectivity index (χ1) is 12.2. The minimum Gasteiger partial charge on any atom is -0.490 e. The van der Waals surface area contributed by atoms with Gasteiger partial charge in [-0.25, -0.2) is 0 Å². The van der Waals surface area contributed by atoms with Gasteiger partial charge >= 0.3 is 0 Å². The molecule has 0 spiro atoms. The Labute approximate surface area is 151 Å². The molecule has 1 aliphatic rings. The summed E-state index contributed by atoms with van der Waals surface area (Å²) in [6.45, 7) is 6.19. The molecule has 1 N–H and O–H groups in total. The Morgan fingerprint density at radius 2 is 1.64 bits per heavy atom. The molecule has 3 heteroatoms. The van der Waals surface area contributed by atoms with Crippen LogP contribution >= 0.6 is 0 Å². The average Bonchev–Trinajstić information content (AvgIpc) is 3.14. The first-order valence-electron chi connectivity index (χ1n) is 9.42. The molecule has 1 aliphatic carbocycles. The summed E-state index contributed by atoms with van der Waals surface area (Å²) in [6.07, 6.45) is 5.31. The maximum atomic E-state index is 6.00. The molecule has 2 aromatic rings. The van der Waals surface area contributed by atoms with Gasteiger partial charge in [-0.15, -0.1) is 0 Å². The van der Waals surface area contributed by atoms with Crippen LogP contribution in [0.4, 0.5) is 0 Å². The van der Waals surface area contributed by atoms with E-state index in [1.807, 2.05) is 13.0 Å². The van der Waals surface area contributed by atoms with Crippen LogP contribution in [0.25, 0.3) is 0 Å². The van der Waals surface area contributed by atoms with Crippen molar-refractivity contribution >= 4 is 0 Å². The van der Waals surface area contributed by atoms with E-state index in [1.165, 1.54) is 42.4 Å². The molecular formula is C22H29NO2. The summed E-state index contributed by atoms with van der Waals surface area (Å²) >= 11 is 0. The van der Waals surface area contributed by atoms with E-state index in [-0.39, 0.29) is 0 Å². The summed E-state index contributed by atoms with van der Waals surface area (Å²) < 4.78 is 11.8. The van der Waals surface area contributed by atoms with Gasteiger partial charge in [0.05, 0.1) is 6.61 Å². The van der Waals surface area contributed by atoms with Gasteiger partial charge in [-0.3, -0.25) is 0 Å². The van der Waals surface area contributed by atoms with Crippen molar-refractivity contribution in [3.05, 3.63) is 59.2 Å². The predicted molar refractivity (Wildman–Crippen MR) is 102 cm³/mol. The van der Waals surface area contributed by atoms with Gasteiger partial charge in [0, 0.05) is 12.6 Å². The van der Waals surface area contributed by atoms with Crippen LogP contribution in [-0.4, -0.2) is 12.6 Å². The Balaban J connectivity index is 1.62. The molecule has 0 aliphatic heterocycles. The number of aryl methyl sites for hydroxylation is 1. The highest BCUT2D eigenvalue weighted by Gasteiger charge is 2.14. The molecule has 0 unspecified atom stereocenters. The molecule has 0 atom stereocenters. The molecule has 0 amide bonds. The van der Waals surface area contributed by atoms with Gasteiger partial charge < -0.3 is 14.8 Å². The molecule has 25 heavy (non-hydrogen) atoms. The monoisotopic (exact) mass is 339 g/mol. The molecule has 3 nitrogen and oxygen atoms in total. The number of rotatable bonds is 8. The van der Waals surface area contributed by atoms with Crippen LogP contribution in [0.15, 0.2) is 42.5 Å². The van der Waals surface area contributed by atoms with Crippen molar-refractivity contribution < 1.29 is 9.47 Å². The fraction of sp³-hybridized carbons (Fsp3) is 0.455. The zero-order chi connectivity index (χ0) is 17.5. The highest BCUT2D eigenvalue weighted by atomic mass is 16.5. The van der Waals surface area contributed by atoms with Crippen molar-refractivity contribution in [2.45, 2.75) is 58.7 Å². The quantitative estimate of drug-likeness (QED) is 0.734. The maximum absolute atomic E-state index is 6.00. The summed E-state index contributed by atoms with van der Waals surface area (Å²) in [5.41, 5.74) is 3.68. The van der Waals surface area contributed by atoms with Crippen LogP contribution in [0.2, 0.25) is 0 Å². The number of hydrogen-bond acceptors (Lipinski definition) is 3. The normalized spacial score (nSPS) is 14.6. The summed E-state index contributed by atoms with van der Waals surface area (Å²) in [5.74, 6) is 1.65. The molecule has 0 heterocycles. The van der Waals surface area contributed by atoms with Crippen LogP contribution < -0.4 is 14.8 Å². The highest BCUT2D eigenvalue weighted by Crippen LogP contribution is 2.29. The second-order valence-electron chi connectivity index (χ2n) is 6.85. The van der Waals surface area contributed by atoms with Crippen molar-refractivity contribution in [1.82, 2.24) is 5.32 Å². The molecule has 1 saturated carbocycles. The summed E-state index contributed by atoms with van der Waals surface area (Å²) in [6, 6.07) is 15.4. The van der Waals surface area contributed by atoms with Crippen molar-refractivity contribution in [1.29, 1.82) is 0 Å². The van der Waals surface area contributed by atoms with E-state index in [0.717, 1.165) is 18.0 Å². The fourth-order valence-corrected chi connectivity index (χ4v) is 3.29. The second kappa shape index (κ2) is 8.91. The van der Waals surface area contributed by atoms with Crippen molar-refractivity contribution in [2.24, 2.45) is 0 Å².